The van der Waals surface area contributed by atoms with Gasteiger partial charge in [-0.2, -0.15) is 0 Å². The van der Waals surface area contributed by atoms with Crippen molar-refractivity contribution in [3.63, 3.8) is 0 Å². The molecule has 2 aliphatic rings. The summed E-state index contributed by atoms with van der Waals surface area (Å²) in [6.07, 6.45) is 3.90. The first-order valence-electron chi connectivity index (χ1n) is 7.97. The van der Waals surface area contributed by atoms with E-state index in [0.717, 1.165) is 30.7 Å². The molecule has 110 valence electrons. The van der Waals surface area contributed by atoms with Crippen molar-refractivity contribution in [2.24, 2.45) is 5.92 Å². The van der Waals surface area contributed by atoms with Crippen LogP contribution in [-0.4, -0.2) is 43.7 Å². The van der Waals surface area contributed by atoms with Crippen LogP contribution < -0.4 is 10.1 Å². The fourth-order valence-corrected chi connectivity index (χ4v) is 3.60. The lowest BCUT2D eigenvalue weighted by atomic mass is 9.92. The van der Waals surface area contributed by atoms with Gasteiger partial charge in [-0.15, -0.1) is 0 Å². The highest BCUT2D eigenvalue weighted by molar-refractivity contribution is 5.27. The number of piperidine rings is 1. The van der Waals surface area contributed by atoms with Crippen molar-refractivity contribution in [3.05, 3.63) is 29.8 Å². The lowest BCUT2D eigenvalue weighted by Crippen LogP contribution is -2.45. The Balaban J connectivity index is 1.41. The van der Waals surface area contributed by atoms with Crippen molar-refractivity contribution in [1.82, 2.24) is 10.2 Å². The van der Waals surface area contributed by atoms with Crippen LogP contribution in [0.15, 0.2) is 24.3 Å². The van der Waals surface area contributed by atoms with Gasteiger partial charge in [-0.05, 0) is 62.9 Å². The van der Waals surface area contributed by atoms with Crippen LogP contribution in [0.4, 0.5) is 0 Å². The summed E-state index contributed by atoms with van der Waals surface area (Å²) in [5.41, 5.74) is 1.26. The predicted octanol–water partition coefficient (Wildman–Crippen LogP) is 2.45. The quantitative estimate of drug-likeness (QED) is 0.835. The maximum atomic E-state index is 5.85. The van der Waals surface area contributed by atoms with Gasteiger partial charge in [0.25, 0.3) is 0 Å². The molecule has 0 aliphatic carbocycles. The minimum Gasteiger partial charge on any atom is -0.494 e. The van der Waals surface area contributed by atoms with Gasteiger partial charge in [0, 0.05) is 19.1 Å². The van der Waals surface area contributed by atoms with Crippen LogP contribution in [0.5, 0.6) is 5.75 Å². The zero-order valence-corrected chi connectivity index (χ0v) is 12.5. The van der Waals surface area contributed by atoms with Gasteiger partial charge in [0.1, 0.15) is 5.75 Å². The zero-order valence-electron chi connectivity index (χ0n) is 12.5. The van der Waals surface area contributed by atoms with Crippen molar-refractivity contribution in [1.29, 1.82) is 0 Å². The molecule has 2 atom stereocenters. The number of rotatable bonds is 5. The summed E-state index contributed by atoms with van der Waals surface area (Å²) in [7, 11) is 0. The third-order valence-corrected chi connectivity index (χ3v) is 4.64. The average molecular weight is 274 g/mol. The van der Waals surface area contributed by atoms with E-state index >= 15 is 0 Å². The van der Waals surface area contributed by atoms with Crippen LogP contribution in [-0.2, 0) is 0 Å². The van der Waals surface area contributed by atoms with Crippen LogP contribution in [0.1, 0.15) is 24.8 Å². The fourth-order valence-electron chi connectivity index (χ4n) is 3.60. The largest absolute Gasteiger partial charge is 0.494 e. The van der Waals surface area contributed by atoms with E-state index in [-0.39, 0.29) is 0 Å². The van der Waals surface area contributed by atoms with Crippen molar-refractivity contribution in [2.75, 3.05) is 32.8 Å². The van der Waals surface area contributed by atoms with E-state index in [9.17, 15) is 0 Å². The molecule has 1 aromatic carbocycles. The second kappa shape index (κ2) is 6.59. The summed E-state index contributed by atoms with van der Waals surface area (Å²) in [6.45, 7) is 7.78. The summed E-state index contributed by atoms with van der Waals surface area (Å²) in [4.78, 5) is 2.67. The van der Waals surface area contributed by atoms with E-state index in [2.05, 4.69) is 35.3 Å². The molecule has 0 aromatic heterocycles. The van der Waals surface area contributed by atoms with Gasteiger partial charge in [-0.3, -0.25) is 4.90 Å². The molecule has 1 aromatic rings. The van der Waals surface area contributed by atoms with Gasteiger partial charge < -0.3 is 10.1 Å². The van der Waals surface area contributed by atoms with Crippen LogP contribution in [0.2, 0.25) is 0 Å². The molecule has 2 heterocycles. The predicted molar refractivity (Wildman–Crippen MR) is 82.2 cm³/mol. The van der Waals surface area contributed by atoms with Gasteiger partial charge >= 0.3 is 0 Å². The summed E-state index contributed by atoms with van der Waals surface area (Å²) >= 11 is 0. The van der Waals surface area contributed by atoms with E-state index < -0.39 is 0 Å². The Hall–Kier alpha value is -1.06. The van der Waals surface area contributed by atoms with E-state index in [1.165, 1.54) is 44.6 Å². The Labute approximate surface area is 122 Å². The normalized spacial score (nSPS) is 26.4. The molecule has 2 unspecified atom stereocenters. The molecule has 1 N–H and O–H groups in total. The Bertz CT molecular complexity index is 435. The van der Waals surface area contributed by atoms with Crippen molar-refractivity contribution >= 4 is 0 Å². The molecule has 0 amide bonds. The molecular weight excluding hydrogens is 248 g/mol. The molecule has 0 radical (unpaired) electrons. The lowest BCUT2D eigenvalue weighted by Gasteiger charge is -2.37. The molecule has 3 nitrogen and oxygen atoms in total. The third-order valence-electron chi connectivity index (χ3n) is 4.64. The van der Waals surface area contributed by atoms with Crippen molar-refractivity contribution in [3.8, 4) is 5.75 Å². The summed E-state index contributed by atoms with van der Waals surface area (Å²) < 4.78 is 5.85. The number of fused-ring (bicyclic) bond motifs is 1. The maximum absolute atomic E-state index is 5.85. The molecule has 3 rings (SSSR count). The summed E-state index contributed by atoms with van der Waals surface area (Å²) in [5.74, 6) is 1.89. The molecule has 2 aliphatic heterocycles. The van der Waals surface area contributed by atoms with Gasteiger partial charge in [0.2, 0.25) is 0 Å². The standard InChI is InChI=1S/C17H26N2O/c1-14-5-2-7-16(11-14)20-10-4-9-19-8-3-6-15-12-18-13-17(15)19/h2,5,7,11,15,17-18H,3-4,6,8-10,12-13H2,1H3. The molecule has 0 saturated carbocycles. The number of hydrogen-bond acceptors (Lipinski definition) is 3. The van der Waals surface area contributed by atoms with Gasteiger partial charge in [0.15, 0.2) is 0 Å². The number of likely N-dealkylation sites (tertiary alicyclic amines) is 1. The number of nitrogens with zero attached hydrogens (tertiary/aromatic N) is 1. The first-order chi connectivity index (χ1) is 9.83. The smallest absolute Gasteiger partial charge is 0.119 e. The molecule has 3 heteroatoms. The Morgan fingerprint density at radius 3 is 3.20 bits per heavy atom. The lowest BCUT2D eigenvalue weighted by molar-refractivity contribution is 0.117. The Kier molecular flexibility index (Phi) is 4.58. The highest BCUT2D eigenvalue weighted by atomic mass is 16.5. The maximum Gasteiger partial charge on any atom is 0.119 e. The molecule has 2 saturated heterocycles. The second-order valence-corrected chi connectivity index (χ2v) is 6.18. The molecular formula is C17H26N2O. The van der Waals surface area contributed by atoms with Crippen LogP contribution in [0.3, 0.4) is 0 Å². The first-order valence-corrected chi connectivity index (χ1v) is 7.97. The first kappa shape index (κ1) is 13.9. The highest BCUT2D eigenvalue weighted by Crippen LogP contribution is 2.26. The van der Waals surface area contributed by atoms with Crippen molar-refractivity contribution < 1.29 is 4.74 Å². The number of nitrogens with one attached hydrogen (secondary N) is 1. The number of aryl methyl sites for hydroxylation is 1. The Morgan fingerprint density at radius 1 is 1.35 bits per heavy atom. The highest BCUT2D eigenvalue weighted by Gasteiger charge is 2.34. The number of hydrogen-bond donors (Lipinski definition) is 1. The monoisotopic (exact) mass is 274 g/mol. The van der Waals surface area contributed by atoms with Crippen molar-refractivity contribution in [2.45, 2.75) is 32.2 Å². The van der Waals surface area contributed by atoms with Crippen LogP contribution in [0.25, 0.3) is 0 Å². The second-order valence-electron chi connectivity index (χ2n) is 6.18. The van der Waals surface area contributed by atoms with Gasteiger partial charge in [-0.25, -0.2) is 0 Å². The SMILES string of the molecule is Cc1cccc(OCCCN2CCCC3CNCC32)c1. The molecule has 20 heavy (non-hydrogen) atoms. The minimum atomic E-state index is 0.780. The number of ether oxygens (including phenoxy) is 1. The zero-order chi connectivity index (χ0) is 13.8. The molecule has 0 spiro atoms. The molecule has 2 fully saturated rings. The fraction of sp³-hybridized carbons (Fsp3) is 0.647. The van der Waals surface area contributed by atoms with Crippen LogP contribution in [0, 0.1) is 12.8 Å². The molecule has 0 bridgehead atoms. The summed E-state index contributed by atoms with van der Waals surface area (Å²) in [6, 6.07) is 9.10. The topological polar surface area (TPSA) is 24.5 Å². The third kappa shape index (κ3) is 3.33. The van der Waals surface area contributed by atoms with E-state index in [1.54, 1.807) is 0 Å². The van der Waals surface area contributed by atoms with E-state index in [0.29, 0.717) is 0 Å². The Morgan fingerprint density at radius 2 is 2.30 bits per heavy atom. The number of benzene rings is 1. The van der Waals surface area contributed by atoms with Gasteiger partial charge in [-0.1, -0.05) is 12.1 Å². The minimum absolute atomic E-state index is 0.780. The average Bonchev–Trinajstić information content (AvgIpc) is 2.93. The van der Waals surface area contributed by atoms with E-state index in [1.807, 2.05) is 6.07 Å². The summed E-state index contributed by atoms with van der Waals surface area (Å²) in [5, 5.41) is 3.54. The van der Waals surface area contributed by atoms with Crippen LogP contribution >= 0.6 is 0 Å². The van der Waals surface area contributed by atoms with Gasteiger partial charge in [0.05, 0.1) is 6.61 Å². The van der Waals surface area contributed by atoms with E-state index in [4.69, 9.17) is 4.74 Å².